The Morgan fingerprint density at radius 3 is 2.67 bits per heavy atom. The SMILES string of the molecule is CCCN(CCO)C(=O)c1cc(Br)cn1C(C)C. The molecule has 0 aliphatic carbocycles. The molecule has 1 aromatic heterocycles. The first-order valence-electron chi connectivity index (χ1n) is 6.28. The van der Waals surface area contributed by atoms with Gasteiger partial charge in [-0.3, -0.25) is 4.79 Å². The second-order valence-electron chi connectivity index (χ2n) is 4.56. The average Bonchev–Trinajstić information content (AvgIpc) is 2.70. The van der Waals surface area contributed by atoms with E-state index in [1.165, 1.54) is 0 Å². The summed E-state index contributed by atoms with van der Waals surface area (Å²) in [5, 5.41) is 9.03. The van der Waals surface area contributed by atoms with Crippen molar-refractivity contribution in [3.8, 4) is 0 Å². The van der Waals surface area contributed by atoms with Crippen LogP contribution in [-0.4, -0.2) is 40.2 Å². The summed E-state index contributed by atoms with van der Waals surface area (Å²) in [4.78, 5) is 14.1. The second kappa shape index (κ2) is 6.95. The van der Waals surface area contributed by atoms with E-state index in [1.807, 2.05) is 37.6 Å². The Balaban J connectivity index is 3.00. The Morgan fingerprint density at radius 2 is 2.17 bits per heavy atom. The number of carbonyl (C=O) groups is 1. The average molecular weight is 317 g/mol. The minimum atomic E-state index is -0.0229. The molecule has 5 heteroatoms. The molecule has 1 rings (SSSR count). The van der Waals surface area contributed by atoms with Gasteiger partial charge in [-0.2, -0.15) is 0 Å². The summed E-state index contributed by atoms with van der Waals surface area (Å²) in [6, 6.07) is 2.07. The van der Waals surface area contributed by atoms with Crippen molar-refractivity contribution in [3.05, 3.63) is 22.4 Å². The van der Waals surface area contributed by atoms with E-state index in [9.17, 15) is 4.79 Å². The van der Waals surface area contributed by atoms with Gasteiger partial charge in [-0.15, -0.1) is 0 Å². The first-order valence-corrected chi connectivity index (χ1v) is 7.08. The van der Waals surface area contributed by atoms with Crippen LogP contribution in [0.5, 0.6) is 0 Å². The van der Waals surface area contributed by atoms with Gasteiger partial charge in [-0.1, -0.05) is 6.92 Å². The van der Waals surface area contributed by atoms with Crippen LogP contribution in [0.1, 0.15) is 43.7 Å². The summed E-state index contributed by atoms with van der Waals surface area (Å²) in [6.07, 6.45) is 2.80. The van der Waals surface area contributed by atoms with Crippen molar-refractivity contribution in [2.45, 2.75) is 33.2 Å². The third-order valence-electron chi connectivity index (χ3n) is 2.74. The number of carbonyl (C=O) groups excluding carboxylic acids is 1. The number of aliphatic hydroxyl groups is 1. The van der Waals surface area contributed by atoms with E-state index < -0.39 is 0 Å². The van der Waals surface area contributed by atoms with E-state index in [-0.39, 0.29) is 18.6 Å². The van der Waals surface area contributed by atoms with Crippen LogP contribution >= 0.6 is 15.9 Å². The highest BCUT2D eigenvalue weighted by atomic mass is 79.9. The molecule has 0 radical (unpaired) electrons. The lowest BCUT2D eigenvalue weighted by atomic mass is 10.3. The van der Waals surface area contributed by atoms with Crippen molar-refractivity contribution < 1.29 is 9.90 Å². The Morgan fingerprint density at radius 1 is 1.50 bits per heavy atom. The number of nitrogens with zero attached hydrogens (tertiary/aromatic N) is 2. The number of halogens is 1. The summed E-state index contributed by atoms with van der Waals surface area (Å²) in [5.74, 6) is -0.0229. The highest BCUT2D eigenvalue weighted by Gasteiger charge is 2.20. The summed E-state index contributed by atoms with van der Waals surface area (Å²) in [6.45, 7) is 7.15. The number of amides is 1. The van der Waals surface area contributed by atoms with Gasteiger partial charge in [0.25, 0.3) is 5.91 Å². The van der Waals surface area contributed by atoms with Gasteiger partial charge in [-0.05, 0) is 42.3 Å². The van der Waals surface area contributed by atoms with Crippen molar-refractivity contribution in [2.75, 3.05) is 19.7 Å². The molecule has 1 heterocycles. The van der Waals surface area contributed by atoms with Crippen LogP contribution in [0.3, 0.4) is 0 Å². The van der Waals surface area contributed by atoms with Crippen molar-refractivity contribution in [1.29, 1.82) is 0 Å². The molecule has 1 amide bonds. The summed E-state index contributed by atoms with van der Waals surface area (Å²) in [7, 11) is 0. The lowest BCUT2D eigenvalue weighted by molar-refractivity contribution is 0.0709. The van der Waals surface area contributed by atoms with E-state index in [2.05, 4.69) is 15.9 Å². The van der Waals surface area contributed by atoms with Gasteiger partial charge >= 0.3 is 0 Å². The molecule has 1 N–H and O–H groups in total. The smallest absolute Gasteiger partial charge is 0.270 e. The molecule has 102 valence electrons. The molecule has 0 saturated heterocycles. The Labute approximate surface area is 117 Å². The number of aromatic nitrogens is 1. The zero-order chi connectivity index (χ0) is 13.7. The van der Waals surface area contributed by atoms with Gasteiger partial charge in [0, 0.05) is 29.8 Å². The van der Waals surface area contributed by atoms with Gasteiger partial charge < -0.3 is 14.6 Å². The van der Waals surface area contributed by atoms with Gasteiger partial charge in [0.1, 0.15) is 5.69 Å². The van der Waals surface area contributed by atoms with Gasteiger partial charge in [-0.25, -0.2) is 0 Å². The molecule has 0 unspecified atom stereocenters. The maximum Gasteiger partial charge on any atom is 0.270 e. The number of hydrogen-bond acceptors (Lipinski definition) is 2. The van der Waals surface area contributed by atoms with E-state index in [0.29, 0.717) is 18.8 Å². The lowest BCUT2D eigenvalue weighted by Gasteiger charge is -2.22. The molecule has 0 spiro atoms. The summed E-state index contributed by atoms with van der Waals surface area (Å²) >= 11 is 3.41. The quantitative estimate of drug-likeness (QED) is 0.877. The van der Waals surface area contributed by atoms with Crippen LogP contribution < -0.4 is 0 Å². The maximum absolute atomic E-state index is 12.4. The first kappa shape index (κ1) is 15.2. The number of hydrogen-bond donors (Lipinski definition) is 1. The molecule has 0 aliphatic heterocycles. The molecular weight excluding hydrogens is 296 g/mol. The predicted octanol–water partition coefficient (Wildman–Crippen LogP) is 2.68. The fraction of sp³-hybridized carbons (Fsp3) is 0.615. The fourth-order valence-corrected chi connectivity index (χ4v) is 2.35. The highest BCUT2D eigenvalue weighted by molar-refractivity contribution is 9.10. The second-order valence-corrected chi connectivity index (χ2v) is 5.48. The monoisotopic (exact) mass is 316 g/mol. The van der Waals surface area contributed by atoms with Crippen LogP contribution in [-0.2, 0) is 0 Å². The number of aliphatic hydroxyl groups excluding tert-OH is 1. The van der Waals surface area contributed by atoms with E-state index >= 15 is 0 Å². The van der Waals surface area contributed by atoms with Crippen LogP contribution in [0.4, 0.5) is 0 Å². The van der Waals surface area contributed by atoms with Crippen LogP contribution in [0.2, 0.25) is 0 Å². The topological polar surface area (TPSA) is 45.5 Å². The molecule has 4 nitrogen and oxygen atoms in total. The maximum atomic E-state index is 12.4. The largest absolute Gasteiger partial charge is 0.395 e. The molecule has 0 aromatic carbocycles. The normalized spacial score (nSPS) is 11.0. The third-order valence-corrected chi connectivity index (χ3v) is 3.17. The van der Waals surface area contributed by atoms with Crippen molar-refractivity contribution >= 4 is 21.8 Å². The lowest BCUT2D eigenvalue weighted by Crippen LogP contribution is -2.35. The predicted molar refractivity (Wildman–Crippen MR) is 75.8 cm³/mol. The van der Waals surface area contributed by atoms with Crippen molar-refractivity contribution in [3.63, 3.8) is 0 Å². The summed E-state index contributed by atoms with van der Waals surface area (Å²) < 4.78 is 2.85. The Bertz CT molecular complexity index is 396. The molecule has 0 saturated carbocycles. The van der Waals surface area contributed by atoms with E-state index in [0.717, 1.165) is 10.9 Å². The highest BCUT2D eigenvalue weighted by Crippen LogP contribution is 2.20. The van der Waals surface area contributed by atoms with Gasteiger partial charge in [0.05, 0.1) is 6.61 Å². The Kier molecular flexibility index (Phi) is 5.88. The molecule has 1 aromatic rings. The van der Waals surface area contributed by atoms with Gasteiger partial charge in [0.15, 0.2) is 0 Å². The zero-order valence-electron chi connectivity index (χ0n) is 11.2. The third kappa shape index (κ3) is 3.59. The van der Waals surface area contributed by atoms with E-state index in [4.69, 9.17) is 5.11 Å². The molecule has 0 atom stereocenters. The van der Waals surface area contributed by atoms with Gasteiger partial charge in [0.2, 0.25) is 0 Å². The minimum Gasteiger partial charge on any atom is -0.395 e. The van der Waals surface area contributed by atoms with Crippen molar-refractivity contribution in [1.82, 2.24) is 9.47 Å². The standard InChI is InChI=1S/C13H21BrN2O2/c1-4-5-15(6-7-17)13(18)12-8-11(14)9-16(12)10(2)3/h8-10,17H,4-7H2,1-3H3. The summed E-state index contributed by atoms with van der Waals surface area (Å²) in [5.41, 5.74) is 0.666. The minimum absolute atomic E-state index is 0.00467. The van der Waals surface area contributed by atoms with Crippen molar-refractivity contribution in [2.24, 2.45) is 0 Å². The van der Waals surface area contributed by atoms with Crippen LogP contribution in [0.25, 0.3) is 0 Å². The Hall–Kier alpha value is -0.810. The first-order chi connectivity index (χ1) is 8.51. The van der Waals surface area contributed by atoms with E-state index in [1.54, 1.807) is 4.90 Å². The molecule has 0 aliphatic rings. The molecule has 0 fully saturated rings. The molecule has 0 bridgehead atoms. The fourth-order valence-electron chi connectivity index (χ4n) is 1.91. The molecule has 18 heavy (non-hydrogen) atoms. The van der Waals surface area contributed by atoms with Crippen LogP contribution in [0, 0.1) is 0 Å². The van der Waals surface area contributed by atoms with Crippen LogP contribution in [0.15, 0.2) is 16.7 Å². The number of rotatable bonds is 6. The zero-order valence-corrected chi connectivity index (χ0v) is 12.8. The molecular formula is C13H21BrN2O2.